The molecule has 0 spiro atoms. The minimum absolute atomic E-state index is 0.288. The Morgan fingerprint density at radius 2 is 1.38 bits per heavy atom. The Morgan fingerprint density at radius 1 is 0.969 bits per heavy atom. The second kappa shape index (κ2) is 10.6. The van der Waals surface area contributed by atoms with Crippen LogP contribution in [0.4, 0.5) is 0 Å². The molecular formula is C25H39NO4SSi. The first-order valence-corrected chi connectivity index (χ1v) is 15.9. The van der Waals surface area contributed by atoms with Crippen molar-refractivity contribution in [1.29, 1.82) is 0 Å². The van der Waals surface area contributed by atoms with E-state index in [1.54, 1.807) is 0 Å². The van der Waals surface area contributed by atoms with Crippen molar-refractivity contribution < 1.29 is 21.9 Å². The van der Waals surface area contributed by atoms with E-state index >= 15 is 0 Å². The highest BCUT2D eigenvalue weighted by Crippen LogP contribution is 2.40. The molecule has 0 radical (unpaired) electrons. The quantitative estimate of drug-likeness (QED) is 0.228. The Balaban J connectivity index is 0.000000654. The van der Waals surface area contributed by atoms with Crippen molar-refractivity contribution in [2.45, 2.75) is 64.5 Å². The average molecular weight is 478 g/mol. The van der Waals surface area contributed by atoms with Crippen LogP contribution in [0.5, 0.6) is 0 Å². The molecule has 0 N–H and O–H groups in total. The highest BCUT2D eigenvalue weighted by Gasteiger charge is 2.54. The number of benzene rings is 2. The van der Waals surface area contributed by atoms with Gasteiger partial charge in [0.05, 0.1) is 10.1 Å². The van der Waals surface area contributed by atoms with Crippen LogP contribution in [-0.2, 0) is 27.6 Å². The molecule has 1 atom stereocenters. The van der Waals surface area contributed by atoms with Crippen molar-refractivity contribution in [2.75, 3.05) is 19.4 Å². The van der Waals surface area contributed by atoms with Gasteiger partial charge in [-0.05, 0) is 18.1 Å². The van der Waals surface area contributed by atoms with Crippen molar-refractivity contribution in [3.63, 3.8) is 0 Å². The van der Waals surface area contributed by atoms with E-state index in [1.807, 2.05) is 0 Å². The fourth-order valence-corrected chi connectivity index (χ4v) is 4.80. The van der Waals surface area contributed by atoms with Gasteiger partial charge in [0.2, 0.25) is 0 Å². The summed E-state index contributed by atoms with van der Waals surface area (Å²) in [6, 6.07) is 22.7. The molecule has 0 bridgehead atoms. The monoisotopic (exact) mass is 477 g/mol. The molecular weight excluding hydrogens is 438 g/mol. The largest absolute Gasteiger partial charge is 0.748 e. The van der Waals surface area contributed by atoms with Crippen LogP contribution in [0.2, 0.25) is 18.1 Å². The maximum absolute atomic E-state index is 9.08. The van der Waals surface area contributed by atoms with Crippen molar-refractivity contribution >= 4 is 18.4 Å². The number of hydrogen-bond acceptors (Lipinski definition) is 4. The van der Waals surface area contributed by atoms with Gasteiger partial charge < -0.3 is 13.5 Å². The minimum Gasteiger partial charge on any atom is -0.748 e. The number of hydrogen-bond donors (Lipinski definition) is 0. The number of rotatable bonds is 8. The van der Waals surface area contributed by atoms with E-state index in [4.69, 9.17) is 17.4 Å². The summed E-state index contributed by atoms with van der Waals surface area (Å²) in [4.78, 5) is 0. The van der Waals surface area contributed by atoms with Crippen LogP contribution in [0, 0.1) is 0 Å². The van der Waals surface area contributed by atoms with Crippen LogP contribution < -0.4 is 0 Å². The highest BCUT2D eigenvalue weighted by molar-refractivity contribution is 7.84. The molecule has 0 unspecified atom stereocenters. The van der Waals surface area contributed by atoms with E-state index in [0.717, 1.165) is 25.7 Å². The lowest BCUT2D eigenvalue weighted by Crippen LogP contribution is -2.41. The van der Waals surface area contributed by atoms with E-state index in [0.29, 0.717) is 6.26 Å². The molecule has 0 aromatic heterocycles. The van der Waals surface area contributed by atoms with Gasteiger partial charge in [0.15, 0.2) is 8.32 Å². The molecule has 2 aromatic carbocycles. The molecule has 1 saturated heterocycles. The second-order valence-corrected chi connectivity index (χ2v) is 16.7. The summed E-state index contributed by atoms with van der Waals surface area (Å²) in [5, 5.41) is 0.288. The normalized spacial score (nSPS) is 17.9. The average Bonchev–Trinajstić information content (AvgIpc) is 3.32. The number of nitrogens with zero attached hydrogens (tertiary/aromatic N) is 1. The van der Waals surface area contributed by atoms with Crippen molar-refractivity contribution in [3.8, 4) is 0 Å². The molecule has 0 saturated carbocycles. The van der Waals surface area contributed by atoms with E-state index < -0.39 is 18.4 Å². The summed E-state index contributed by atoms with van der Waals surface area (Å²) in [5.41, 5.74) is 2.89. The van der Waals surface area contributed by atoms with Crippen LogP contribution >= 0.6 is 0 Å². The predicted molar refractivity (Wildman–Crippen MR) is 133 cm³/mol. The number of quaternary nitrogens is 1. The van der Waals surface area contributed by atoms with Gasteiger partial charge in [-0.3, -0.25) is 0 Å². The third-order valence-corrected chi connectivity index (χ3v) is 11.2. The summed E-state index contributed by atoms with van der Waals surface area (Å²) >= 11 is 0. The van der Waals surface area contributed by atoms with Gasteiger partial charge >= 0.3 is 0 Å². The van der Waals surface area contributed by atoms with Crippen molar-refractivity contribution in [2.24, 2.45) is 0 Å². The summed E-state index contributed by atoms with van der Waals surface area (Å²) in [6.45, 7) is 16.1. The van der Waals surface area contributed by atoms with E-state index in [2.05, 4.69) is 94.5 Å². The van der Waals surface area contributed by atoms with Crippen LogP contribution in [0.25, 0.3) is 0 Å². The smallest absolute Gasteiger partial charge is 0.191 e. The van der Waals surface area contributed by atoms with E-state index in [9.17, 15) is 0 Å². The topological polar surface area (TPSA) is 66.4 Å². The van der Waals surface area contributed by atoms with Crippen LogP contribution in [0.3, 0.4) is 0 Å². The lowest BCUT2D eigenvalue weighted by atomic mass is 10.1. The molecule has 1 heterocycles. The second-order valence-electron chi connectivity index (χ2n) is 10.4. The Morgan fingerprint density at radius 3 is 1.75 bits per heavy atom. The van der Waals surface area contributed by atoms with Gasteiger partial charge in [-0.1, -0.05) is 81.4 Å². The molecule has 178 valence electrons. The van der Waals surface area contributed by atoms with E-state index in [1.165, 1.54) is 28.6 Å². The zero-order valence-electron chi connectivity index (χ0n) is 20.4. The van der Waals surface area contributed by atoms with E-state index in [-0.39, 0.29) is 5.04 Å². The fraction of sp³-hybridized carbons (Fsp3) is 0.520. The summed E-state index contributed by atoms with van der Waals surface area (Å²) in [5.74, 6) is 0. The van der Waals surface area contributed by atoms with Crippen molar-refractivity contribution in [1.82, 2.24) is 0 Å². The molecule has 0 amide bonds. The zero-order valence-corrected chi connectivity index (χ0v) is 22.2. The lowest BCUT2D eigenvalue weighted by Gasteiger charge is -2.36. The van der Waals surface area contributed by atoms with Gasteiger partial charge in [-0.2, -0.15) is 0 Å². The third-order valence-electron chi connectivity index (χ3n) is 6.62. The van der Waals surface area contributed by atoms with Crippen LogP contribution in [-0.4, -0.2) is 51.2 Å². The van der Waals surface area contributed by atoms with Gasteiger partial charge in [-0.15, -0.1) is 0 Å². The minimum atomic E-state index is -3.92. The molecule has 1 aliphatic rings. The maximum atomic E-state index is 9.08. The van der Waals surface area contributed by atoms with Crippen LogP contribution in [0.1, 0.15) is 38.3 Å². The molecule has 5 nitrogen and oxygen atoms in total. The molecule has 1 aliphatic heterocycles. The SMILES string of the molecule is CC(C)(C)[Si](C)(C)OCC[C@H]1C[N+]1(Cc1ccccc1)Cc1ccccc1.CS(=O)(=O)[O-]. The summed E-state index contributed by atoms with van der Waals surface area (Å²) in [7, 11) is -5.56. The highest BCUT2D eigenvalue weighted by atomic mass is 32.2. The molecule has 0 aliphatic carbocycles. The van der Waals surface area contributed by atoms with Crippen molar-refractivity contribution in [3.05, 3.63) is 71.8 Å². The first-order chi connectivity index (χ1) is 14.7. The van der Waals surface area contributed by atoms with Crippen LogP contribution in [0.15, 0.2) is 60.7 Å². The molecule has 1 fully saturated rings. The predicted octanol–water partition coefficient (Wildman–Crippen LogP) is 5.16. The Hall–Kier alpha value is -1.51. The molecule has 32 heavy (non-hydrogen) atoms. The summed E-state index contributed by atoms with van der Waals surface area (Å²) in [6.07, 6.45) is 1.78. The maximum Gasteiger partial charge on any atom is 0.191 e. The Labute approximate surface area is 195 Å². The van der Waals surface area contributed by atoms with Gasteiger partial charge in [-0.25, -0.2) is 8.42 Å². The Bertz CT molecular complexity index is 891. The lowest BCUT2D eigenvalue weighted by molar-refractivity contribution is -0.842. The van der Waals surface area contributed by atoms with Gasteiger partial charge in [0.1, 0.15) is 25.7 Å². The molecule has 2 aromatic rings. The first-order valence-electron chi connectivity index (χ1n) is 11.2. The van der Waals surface area contributed by atoms with Gasteiger partial charge in [0.25, 0.3) is 0 Å². The fourth-order valence-electron chi connectivity index (χ4n) is 3.74. The third kappa shape index (κ3) is 8.79. The standard InChI is InChI=1S/C24H36NOSi.CH4O3S/c1-24(2,3)27(4,5)26-17-16-23-20-25(23,18-21-12-8-6-9-13-21)19-22-14-10-7-11-15-22;1-5(2,3)4/h6-15,23H,16-20H2,1-5H3;1H3,(H,2,3,4)/q+1;/p-1/t23-;/m0./s1. The first kappa shape index (κ1) is 26.7. The summed E-state index contributed by atoms with van der Waals surface area (Å²) < 4.78 is 34.9. The van der Waals surface area contributed by atoms with Gasteiger partial charge in [0, 0.05) is 30.4 Å². The Kier molecular flexibility index (Phi) is 8.87. The zero-order chi connectivity index (χ0) is 24.0. The molecule has 7 heteroatoms. The molecule has 3 rings (SSSR count).